The Morgan fingerprint density at radius 2 is 2.08 bits per heavy atom. The molecule has 0 unspecified atom stereocenters. The number of rotatable bonds is 0. The van der Waals surface area contributed by atoms with Crippen LogP contribution in [0.5, 0.6) is 0 Å². The van der Waals surface area contributed by atoms with Gasteiger partial charge in [-0.3, -0.25) is 0 Å². The highest BCUT2D eigenvalue weighted by Crippen LogP contribution is 2.25. The van der Waals surface area contributed by atoms with Crippen molar-refractivity contribution in [2.75, 3.05) is 0 Å². The van der Waals surface area contributed by atoms with E-state index in [-0.39, 0.29) is 0 Å². The minimum absolute atomic E-state index is 1.07. The van der Waals surface area contributed by atoms with E-state index < -0.39 is 0 Å². The highest BCUT2D eigenvalue weighted by molar-refractivity contribution is 7.80. The Morgan fingerprint density at radius 1 is 1.25 bits per heavy atom. The van der Waals surface area contributed by atoms with Crippen LogP contribution in [0.25, 0.3) is 6.08 Å². The first kappa shape index (κ1) is 7.93. The maximum absolute atomic E-state index is 4.32. The summed E-state index contributed by atoms with van der Waals surface area (Å²) in [5.41, 5.74) is 4.29. The summed E-state index contributed by atoms with van der Waals surface area (Å²) >= 11 is 4.32. The van der Waals surface area contributed by atoms with Gasteiger partial charge in [0.05, 0.1) is 0 Å². The molecule has 1 aromatic carbocycles. The maximum Gasteiger partial charge on any atom is 0.00431 e. The van der Waals surface area contributed by atoms with Gasteiger partial charge in [-0.25, -0.2) is 0 Å². The molecular formula is C11H12S. The second-order valence-corrected chi connectivity index (χ2v) is 3.89. The third-order valence-electron chi connectivity index (χ3n) is 2.32. The number of hydrogen-bond acceptors (Lipinski definition) is 1. The SMILES string of the molecule is CC1=Cc2ccc(S)cc2CC1. The molecule has 0 atom stereocenters. The Labute approximate surface area is 78.7 Å². The van der Waals surface area contributed by atoms with Gasteiger partial charge in [0.15, 0.2) is 0 Å². The molecule has 1 heteroatoms. The first-order chi connectivity index (χ1) is 5.75. The smallest absolute Gasteiger partial charge is 0.00431 e. The van der Waals surface area contributed by atoms with Crippen LogP contribution >= 0.6 is 12.6 Å². The largest absolute Gasteiger partial charge is 0.143 e. The molecule has 2 rings (SSSR count). The quantitative estimate of drug-likeness (QED) is 0.576. The molecule has 1 aromatic rings. The van der Waals surface area contributed by atoms with E-state index in [1.54, 1.807) is 0 Å². The van der Waals surface area contributed by atoms with Crippen molar-refractivity contribution in [1.29, 1.82) is 0 Å². The van der Waals surface area contributed by atoms with Crippen LogP contribution in [0.3, 0.4) is 0 Å². The minimum Gasteiger partial charge on any atom is -0.143 e. The molecule has 12 heavy (non-hydrogen) atoms. The zero-order valence-corrected chi connectivity index (χ0v) is 8.07. The molecule has 0 spiro atoms. The van der Waals surface area contributed by atoms with Crippen molar-refractivity contribution in [3.63, 3.8) is 0 Å². The molecule has 0 N–H and O–H groups in total. The number of benzene rings is 1. The molecule has 0 aliphatic heterocycles. The van der Waals surface area contributed by atoms with Gasteiger partial charge in [-0.05, 0) is 43.0 Å². The first-order valence-electron chi connectivity index (χ1n) is 4.25. The summed E-state index contributed by atoms with van der Waals surface area (Å²) in [5, 5.41) is 0. The lowest BCUT2D eigenvalue weighted by molar-refractivity contribution is 0.923. The highest BCUT2D eigenvalue weighted by atomic mass is 32.1. The van der Waals surface area contributed by atoms with Gasteiger partial charge in [-0.15, -0.1) is 12.6 Å². The van der Waals surface area contributed by atoms with Crippen molar-refractivity contribution in [3.05, 3.63) is 34.9 Å². The number of hydrogen-bond donors (Lipinski definition) is 1. The Bertz CT molecular complexity index is 337. The lowest BCUT2D eigenvalue weighted by Crippen LogP contribution is -1.96. The average molecular weight is 176 g/mol. The molecule has 1 aliphatic rings. The van der Waals surface area contributed by atoms with Gasteiger partial charge in [-0.2, -0.15) is 0 Å². The average Bonchev–Trinajstić information content (AvgIpc) is 2.05. The summed E-state index contributed by atoms with van der Waals surface area (Å²) < 4.78 is 0. The van der Waals surface area contributed by atoms with E-state index in [1.165, 1.54) is 29.5 Å². The third kappa shape index (κ3) is 1.42. The second kappa shape index (κ2) is 2.98. The van der Waals surface area contributed by atoms with Gasteiger partial charge in [0.2, 0.25) is 0 Å². The van der Waals surface area contributed by atoms with Gasteiger partial charge >= 0.3 is 0 Å². The molecule has 1 aliphatic carbocycles. The number of thiol groups is 1. The molecule has 0 saturated carbocycles. The lowest BCUT2D eigenvalue weighted by Gasteiger charge is -2.13. The second-order valence-electron chi connectivity index (χ2n) is 3.37. The molecule has 62 valence electrons. The molecular weight excluding hydrogens is 164 g/mol. The molecule has 0 amide bonds. The van der Waals surface area contributed by atoms with Crippen LogP contribution in [0.15, 0.2) is 28.7 Å². The fraction of sp³-hybridized carbons (Fsp3) is 0.273. The van der Waals surface area contributed by atoms with E-state index >= 15 is 0 Å². The van der Waals surface area contributed by atoms with Crippen LogP contribution in [-0.4, -0.2) is 0 Å². The predicted octanol–water partition coefficient (Wildman–Crippen LogP) is 3.32. The zero-order chi connectivity index (χ0) is 8.55. The summed E-state index contributed by atoms with van der Waals surface area (Å²) in [6, 6.07) is 6.37. The predicted molar refractivity (Wildman–Crippen MR) is 55.7 cm³/mol. The Balaban J connectivity index is 2.51. The summed E-state index contributed by atoms with van der Waals surface area (Å²) in [4.78, 5) is 1.07. The van der Waals surface area contributed by atoms with E-state index in [0.29, 0.717) is 0 Å². The number of allylic oxidation sites excluding steroid dienone is 1. The van der Waals surface area contributed by atoms with Crippen LogP contribution in [0, 0.1) is 0 Å². The molecule has 0 radical (unpaired) electrons. The summed E-state index contributed by atoms with van der Waals surface area (Å²) in [7, 11) is 0. The van der Waals surface area contributed by atoms with E-state index in [1.807, 2.05) is 0 Å². The number of aryl methyl sites for hydroxylation is 1. The van der Waals surface area contributed by atoms with Gasteiger partial charge in [0.1, 0.15) is 0 Å². The zero-order valence-electron chi connectivity index (χ0n) is 7.17. The van der Waals surface area contributed by atoms with Crippen molar-refractivity contribution in [3.8, 4) is 0 Å². The topological polar surface area (TPSA) is 0 Å². The van der Waals surface area contributed by atoms with Crippen LogP contribution in [0.4, 0.5) is 0 Å². The van der Waals surface area contributed by atoms with Gasteiger partial charge in [0, 0.05) is 4.90 Å². The van der Waals surface area contributed by atoms with Crippen molar-refractivity contribution >= 4 is 18.7 Å². The fourth-order valence-corrected chi connectivity index (χ4v) is 1.85. The molecule has 0 bridgehead atoms. The van der Waals surface area contributed by atoms with E-state index in [9.17, 15) is 0 Å². The molecule has 0 nitrogen and oxygen atoms in total. The lowest BCUT2D eigenvalue weighted by atomic mass is 9.93. The van der Waals surface area contributed by atoms with Gasteiger partial charge in [-0.1, -0.05) is 17.7 Å². The summed E-state index contributed by atoms with van der Waals surface area (Å²) in [5.74, 6) is 0. The van der Waals surface area contributed by atoms with Crippen LogP contribution in [0.2, 0.25) is 0 Å². The first-order valence-corrected chi connectivity index (χ1v) is 4.69. The van der Waals surface area contributed by atoms with Crippen molar-refractivity contribution in [2.24, 2.45) is 0 Å². The van der Waals surface area contributed by atoms with Crippen LogP contribution in [-0.2, 0) is 6.42 Å². The Kier molecular flexibility index (Phi) is 1.97. The Hall–Kier alpha value is -0.690. The monoisotopic (exact) mass is 176 g/mol. The summed E-state index contributed by atoms with van der Waals surface area (Å²) in [6.07, 6.45) is 4.64. The van der Waals surface area contributed by atoms with Crippen molar-refractivity contribution < 1.29 is 0 Å². The standard InChI is InChI=1S/C11H12S/c1-8-2-3-10-7-11(12)5-4-9(10)6-8/h4-7,12H,2-3H2,1H3. The molecule has 0 fully saturated rings. The third-order valence-corrected chi connectivity index (χ3v) is 2.60. The maximum atomic E-state index is 4.32. The molecule has 0 heterocycles. The van der Waals surface area contributed by atoms with Gasteiger partial charge in [0.25, 0.3) is 0 Å². The van der Waals surface area contributed by atoms with Gasteiger partial charge < -0.3 is 0 Å². The Morgan fingerprint density at radius 3 is 2.92 bits per heavy atom. The molecule has 0 aromatic heterocycles. The van der Waals surface area contributed by atoms with Crippen LogP contribution < -0.4 is 0 Å². The van der Waals surface area contributed by atoms with E-state index in [4.69, 9.17) is 0 Å². The summed E-state index contributed by atoms with van der Waals surface area (Å²) in [6.45, 7) is 2.19. The minimum atomic E-state index is 1.07. The van der Waals surface area contributed by atoms with E-state index in [2.05, 4.69) is 43.8 Å². The van der Waals surface area contributed by atoms with Crippen molar-refractivity contribution in [2.45, 2.75) is 24.7 Å². The van der Waals surface area contributed by atoms with Crippen LogP contribution in [0.1, 0.15) is 24.5 Å². The molecule has 0 saturated heterocycles. The van der Waals surface area contributed by atoms with Crippen molar-refractivity contribution in [1.82, 2.24) is 0 Å². The highest BCUT2D eigenvalue weighted by Gasteiger charge is 2.06. The fourth-order valence-electron chi connectivity index (χ4n) is 1.62. The van der Waals surface area contributed by atoms with E-state index in [0.717, 1.165) is 4.90 Å². The normalized spacial score (nSPS) is 15.3. The number of fused-ring (bicyclic) bond motifs is 1.